The number of hydrogen-bond donors (Lipinski definition) is 0. The zero-order valence-electron chi connectivity index (χ0n) is 16.1. The highest BCUT2D eigenvalue weighted by Crippen LogP contribution is 2.51. The van der Waals surface area contributed by atoms with Crippen LogP contribution >= 0.6 is 0 Å². The van der Waals surface area contributed by atoms with E-state index in [1.807, 2.05) is 42.5 Å². The minimum atomic E-state index is -2.24. The Balaban J connectivity index is 1.36. The summed E-state index contributed by atoms with van der Waals surface area (Å²) in [6.45, 7) is 0.220. The van der Waals surface area contributed by atoms with Gasteiger partial charge in [-0.05, 0) is 70.4 Å². The molecule has 5 rings (SSSR count). The fourth-order valence-electron chi connectivity index (χ4n) is 4.02. The van der Waals surface area contributed by atoms with Gasteiger partial charge in [0.15, 0.2) is 11.5 Å². The monoisotopic (exact) mass is 419 g/mol. The van der Waals surface area contributed by atoms with Crippen LogP contribution in [0.4, 0.5) is 0 Å². The molecular weight excluding hydrogens is 400 g/mol. The lowest BCUT2D eigenvalue weighted by atomic mass is 9.87. The SMILES string of the molecule is O=C(Cc1cccc(-c2ccc(S(=O)[O-])cc2)c1)C1(c2ccc3c(c2)OCO3)CC1. The van der Waals surface area contributed by atoms with Crippen molar-refractivity contribution in [3.63, 3.8) is 0 Å². The first-order chi connectivity index (χ1) is 14.5. The quantitative estimate of drug-likeness (QED) is 0.561. The topological polar surface area (TPSA) is 75.7 Å². The molecule has 1 aliphatic carbocycles. The van der Waals surface area contributed by atoms with E-state index < -0.39 is 16.5 Å². The zero-order chi connectivity index (χ0) is 20.7. The highest BCUT2D eigenvalue weighted by molar-refractivity contribution is 7.79. The van der Waals surface area contributed by atoms with E-state index in [1.54, 1.807) is 24.3 Å². The normalized spacial score (nSPS) is 16.8. The molecule has 1 aliphatic heterocycles. The molecule has 5 nitrogen and oxygen atoms in total. The lowest BCUT2D eigenvalue weighted by Gasteiger charge is -2.16. The second kappa shape index (κ2) is 7.38. The predicted octanol–water partition coefficient (Wildman–Crippen LogP) is 4.16. The second-order valence-corrected chi connectivity index (χ2v) is 8.65. The van der Waals surface area contributed by atoms with Crippen molar-refractivity contribution in [3.8, 4) is 22.6 Å². The first-order valence-corrected chi connectivity index (χ1v) is 10.8. The van der Waals surface area contributed by atoms with E-state index >= 15 is 0 Å². The molecule has 0 radical (unpaired) electrons. The highest BCUT2D eigenvalue weighted by Gasteiger charge is 2.50. The van der Waals surface area contributed by atoms with Crippen LogP contribution in [0.2, 0.25) is 0 Å². The van der Waals surface area contributed by atoms with Crippen molar-refractivity contribution in [1.29, 1.82) is 0 Å². The van der Waals surface area contributed by atoms with Gasteiger partial charge >= 0.3 is 0 Å². The molecular formula is C24H19O5S-. The Hall–Kier alpha value is -2.96. The zero-order valence-corrected chi connectivity index (χ0v) is 16.9. The molecule has 0 saturated heterocycles. The molecule has 152 valence electrons. The summed E-state index contributed by atoms with van der Waals surface area (Å²) in [5.74, 6) is 1.63. The number of carbonyl (C=O) groups excluding carboxylic acids is 1. The Morgan fingerprint density at radius 3 is 2.43 bits per heavy atom. The molecule has 0 spiro atoms. The summed E-state index contributed by atoms with van der Waals surface area (Å²) in [6.07, 6.45) is 2.04. The Morgan fingerprint density at radius 2 is 1.70 bits per heavy atom. The van der Waals surface area contributed by atoms with Crippen LogP contribution in [0.25, 0.3) is 11.1 Å². The minimum absolute atomic E-state index is 0.204. The van der Waals surface area contributed by atoms with Crippen molar-refractivity contribution in [2.75, 3.05) is 6.79 Å². The van der Waals surface area contributed by atoms with Gasteiger partial charge in [0.25, 0.3) is 0 Å². The molecule has 1 fully saturated rings. The molecule has 1 unspecified atom stereocenters. The van der Waals surface area contributed by atoms with Gasteiger partial charge in [0.1, 0.15) is 5.78 Å². The number of benzene rings is 3. The summed E-state index contributed by atoms with van der Waals surface area (Å²) in [5.41, 5.74) is 3.37. The van der Waals surface area contributed by atoms with Crippen molar-refractivity contribution in [3.05, 3.63) is 77.9 Å². The molecule has 0 bridgehead atoms. The van der Waals surface area contributed by atoms with Crippen LogP contribution < -0.4 is 9.47 Å². The van der Waals surface area contributed by atoms with Gasteiger partial charge in [0.05, 0.1) is 5.41 Å². The fourth-order valence-corrected chi connectivity index (χ4v) is 4.38. The standard InChI is InChI=1S/C24H20O5S/c25-23(24(10-11-24)19-6-9-21-22(14-19)29-15-28-21)13-16-2-1-3-18(12-16)17-4-7-20(8-5-17)30(26)27/h1-9,12,14H,10-11,13,15H2,(H,26,27)/p-1. The van der Waals surface area contributed by atoms with E-state index in [0.717, 1.165) is 40.8 Å². The van der Waals surface area contributed by atoms with Crippen LogP contribution in [-0.2, 0) is 27.7 Å². The van der Waals surface area contributed by atoms with Crippen molar-refractivity contribution in [1.82, 2.24) is 0 Å². The molecule has 0 amide bonds. The number of Topliss-reactive ketones (excluding diaryl/α,β-unsaturated/α-hetero) is 1. The molecule has 0 N–H and O–H groups in total. The first kappa shape index (κ1) is 19.0. The van der Waals surface area contributed by atoms with Gasteiger partial charge in [0, 0.05) is 11.3 Å². The number of ketones is 1. The smallest absolute Gasteiger partial charge is 0.231 e. The lowest BCUT2D eigenvalue weighted by molar-refractivity contribution is -0.120. The van der Waals surface area contributed by atoms with Crippen molar-refractivity contribution in [2.24, 2.45) is 0 Å². The highest BCUT2D eigenvalue weighted by atomic mass is 32.2. The summed E-state index contributed by atoms with van der Waals surface area (Å²) in [5, 5.41) is 0. The van der Waals surface area contributed by atoms with Gasteiger partial charge < -0.3 is 14.0 Å². The Labute approximate surface area is 176 Å². The third kappa shape index (κ3) is 3.42. The minimum Gasteiger partial charge on any atom is -0.768 e. The van der Waals surface area contributed by atoms with Gasteiger partial charge in [-0.25, -0.2) is 0 Å². The first-order valence-electron chi connectivity index (χ1n) is 9.77. The average Bonchev–Trinajstić information content (AvgIpc) is 3.45. The van der Waals surface area contributed by atoms with E-state index in [0.29, 0.717) is 12.2 Å². The summed E-state index contributed by atoms with van der Waals surface area (Å²) in [6, 6.07) is 20.3. The molecule has 3 aromatic rings. The van der Waals surface area contributed by atoms with Crippen LogP contribution in [0.1, 0.15) is 24.0 Å². The van der Waals surface area contributed by atoms with E-state index in [9.17, 15) is 13.6 Å². The molecule has 1 heterocycles. The van der Waals surface area contributed by atoms with Gasteiger partial charge in [-0.2, -0.15) is 0 Å². The summed E-state index contributed by atoms with van der Waals surface area (Å²) in [7, 11) is 0. The van der Waals surface area contributed by atoms with Crippen molar-refractivity contribution in [2.45, 2.75) is 29.6 Å². The van der Waals surface area contributed by atoms with Crippen LogP contribution in [0.3, 0.4) is 0 Å². The maximum Gasteiger partial charge on any atom is 0.231 e. The number of rotatable bonds is 6. The van der Waals surface area contributed by atoms with Crippen LogP contribution in [-0.4, -0.2) is 21.3 Å². The Kier molecular flexibility index (Phi) is 4.68. The molecule has 3 aromatic carbocycles. The summed E-state index contributed by atoms with van der Waals surface area (Å²) < 4.78 is 33.0. The molecule has 1 saturated carbocycles. The molecule has 6 heteroatoms. The molecule has 2 aliphatic rings. The maximum atomic E-state index is 13.2. The lowest BCUT2D eigenvalue weighted by Crippen LogP contribution is -2.22. The van der Waals surface area contributed by atoms with E-state index in [2.05, 4.69) is 0 Å². The largest absolute Gasteiger partial charge is 0.768 e. The maximum absolute atomic E-state index is 13.2. The van der Waals surface area contributed by atoms with E-state index in [1.165, 1.54) is 0 Å². The van der Waals surface area contributed by atoms with Crippen LogP contribution in [0.5, 0.6) is 11.5 Å². The predicted molar refractivity (Wildman–Crippen MR) is 111 cm³/mol. The van der Waals surface area contributed by atoms with Crippen molar-refractivity contribution < 1.29 is 23.0 Å². The Bertz CT molecular complexity index is 1150. The number of ether oxygens (including phenoxy) is 2. The summed E-state index contributed by atoms with van der Waals surface area (Å²) >= 11 is -2.24. The van der Waals surface area contributed by atoms with E-state index in [4.69, 9.17) is 9.47 Å². The Morgan fingerprint density at radius 1 is 0.933 bits per heavy atom. The number of hydrogen-bond acceptors (Lipinski definition) is 5. The van der Waals surface area contributed by atoms with Gasteiger partial charge in [-0.1, -0.05) is 42.5 Å². The molecule has 1 atom stereocenters. The van der Waals surface area contributed by atoms with Gasteiger partial charge in [0.2, 0.25) is 6.79 Å². The van der Waals surface area contributed by atoms with E-state index in [-0.39, 0.29) is 17.5 Å². The molecule has 30 heavy (non-hydrogen) atoms. The third-order valence-corrected chi connectivity index (χ3v) is 6.54. The summed E-state index contributed by atoms with van der Waals surface area (Å²) in [4.78, 5) is 13.5. The third-order valence-electron chi connectivity index (χ3n) is 5.88. The molecule has 0 aromatic heterocycles. The fraction of sp³-hybridized carbons (Fsp3) is 0.208. The van der Waals surface area contributed by atoms with Crippen molar-refractivity contribution >= 4 is 16.9 Å². The van der Waals surface area contributed by atoms with Gasteiger partial charge in [-0.15, -0.1) is 0 Å². The average molecular weight is 419 g/mol. The number of fused-ring (bicyclic) bond motifs is 1. The van der Waals surface area contributed by atoms with Crippen LogP contribution in [0, 0.1) is 0 Å². The second-order valence-electron chi connectivity index (χ2n) is 7.71. The van der Waals surface area contributed by atoms with Gasteiger partial charge in [-0.3, -0.25) is 9.00 Å². The number of carbonyl (C=O) groups is 1. The van der Waals surface area contributed by atoms with Crippen LogP contribution in [0.15, 0.2) is 71.6 Å².